The van der Waals surface area contributed by atoms with Gasteiger partial charge in [0.05, 0.1) is 0 Å². The van der Waals surface area contributed by atoms with Crippen molar-refractivity contribution < 1.29 is 4.79 Å². The molecule has 112 valence electrons. The summed E-state index contributed by atoms with van der Waals surface area (Å²) in [4.78, 5) is 11.9. The Morgan fingerprint density at radius 3 is 2.25 bits per heavy atom. The van der Waals surface area contributed by atoms with Gasteiger partial charge in [0.1, 0.15) is 0 Å². The lowest BCUT2D eigenvalue weighted by Crippen LogP contribution is -2.07. The van der Waals surface area contributed by atoms with E-state index in [0.717, 1.165) is 32.1 Å². The van der Waals surface area contributed by atoms with E-state index in [1.165, 1.54) is 11.1 Å². The molecule has 0 aromatic rings. The molecule has 0 amide bonds. The second-order valence-corrected chi connectivity index (χ2v) is 6.45. The molecule has 0 spiro atoms. The molecule has 0 saturated carbocycles. The molecule has 0 bridgehead atoms. The molecule has 1 rings (SSSR count). The van der Waals surface area contributed by atoms with Crippen LogP contribution in [0.3, 0.4) is 0 Å². The molecule has 0 heterocycles. The predicted octanol–water partition coefficient (Wildman–Crippen LogP) is 5.63. The van der Waals surface area contributed by atoms with Crippen molar-refractivity contribution in [3.05, 3.63) is 35.5 Å². The second kappa shape index (κ2) is 8.94. The van der Waals surface area contributed by atoms with E-state index in [-0.39, 0.29) is 5.78 Å². The summed E-state index contributed by atoms with van der Waals surface area (Å²) in [6.45, 7) is 8.89. The summed E-state index contributed by atoms with van der Waals surface area (Å²) in [6.07, 6.45) is 14.6. The van der Waals surface area contributed by atoms with Gasteiger partial charge in [-0.15, -0.1) is 0 Å². The maximum Gasteiger partial charge on any atom is 0.155 e. The molecule has 20 heavy (non-hydrogen) atoms. The Labute approximate surface area is 124 Å². The molecule has 0 radical (unpaired) electrons. The SMILES string of the molecule is C/C1=C\CCC(=O)/C=C/C(C(C)C)CC/C(C)=C/CC1. The van der Waals surface area contributed by atoms with Gasteiger partial charge in [0.25, 0.3) is 0 Å². The van der Waals surface area contributed by atoms with Gasteiger partial charge >= 0.3 is 0 Å². The van der Waals surface area contributed by atoms with Crippen LogP contribution < -0.4 is 0 Å². The average molecular weight is 274 g/mol. The van der Waals surface area contributed by atoms with Crippen molar-refractivity contribution in [1.29, 1.82) is 0 Å². The lowest BCUT2D eigenvalue weighted by molar-refractivity contribution is -0.114. The van der Waals surface area contributed by atoms with Gasteiger partial charge in [-0.25, -0.2) is 0 Å². The minimum Gasteiger partial charge on any atom is -0.295 e. The first-order valence-corrected chi connectivity index (χ1v) is 8.01. The Morgan fingerprint density at radius 1 is 1.00 bits per heavy atom. The number of rotatable bonds is 1. The third-order valence-electron chi connectivity index (χ3n) is 4.17. The fraction of sp³-hybridized carbons (Fsp3) is 0.632. The molecule has 0 aliphatic heterocycles. The third kappa shape index (κ3) is 6.88. The van der Waals surface area contributed by atoms with E-state index < -0.39 is 0 Å². The van der Waals surface area contributed by atoms with Crippen LogP contribution in [0.15, 0.2) is 35.5 Å². The highest BCUT2D eigenvalue weighted by molar-refractivity contribution is 5.89. The molecule has 0 fully saturated rings. The van der Waals surface area contributed by atoms with E-state index in [1.54, 1.807) is 0 Å². The number of allylic oxidation sites excluding steroid dienone is 6. The van der Waals surface area contributed by atoms with E-state index in [0.29, 0.717) is 18.3 Å². The van der Waals surface area contributed by atoms with Gasteiger partial charge in [0.15, 0.2) is 5.78 Å². The Morgan fingerprint density at radius 2 is 1.60 bits per heavy atom. The van der Waals surface area contributed by atoms with Crippen LogP contribution in [-0.2, 0) is 4.79 Å². The lowest BCUT2D eigenvalue weighted by Gasteiger charge is -2.17. The Kier molecular flexibility index (Phi) is 7.58. The molecular formula is C19H30O. The molecule has 0 saturated heterocycles. The van der Waals surface area contributed by atoms with Crippen LogP contribution in [0.2, 0.25) is 0 Å². The normalized spacial score (nSPS) is 30.1. The summed E-state index contributed by atoms with van der Waals surface area (Å²) in [6, 6.07) is 0. The monoisotopic (exact) mass is 274 g/mol. The lowest BCUT2D eigenvalue weighted by atomic mass is 9.88. The van der Waals surface area contributed by atoms with Crippen LogP contribution in [0.25, 0.3) is 0 Å². The number of hydrogen-bond acceptors (Lipinski definition) is 1. The van der Waals surface area contributed by atoms with Crippen molar-refractivity contribution >= 4 is 5.78 Å². The minimum atomic E-state index is 0.268. The van der Waals surface area contributed by atoms with Crippen LogP contribution in [0, 0.1) is 11.8 Å². The third-order valence-corrected chi connectivity index (χ3v) is 4.17. The van der Waals surface area contributed by atoms with Gasteiger partial charge in [-0.05, 0) is 63.9 Å². The maximum atomic E-state index is 11.9. The minimum absolute atomic E-state index is 0.268. The summed E-state index contributed by atoms with van der Waals surface area (Å²) < 4.78 is 0. The maximum absolute atomic E-state index is 11.9. The smallest absolute Gasteiger partial charge is 0.155 e. The Bertz CT molecular complexity index is 396. The molecule has 1 atom stereocenters. The highest BCUT2D eigenvalue weighted by Crippen LogP contribution is 2.22. The summed E-state index contributed by atoms with van der Waals surface area (Å²) in [5, 5.41) is 0. The van der Waals surface area contributed by atoms with Crippen LogP contribution in [0.4, 0.5) is 0 Å². The largest absolute Gasteiger partial charge is 0.295 e. The van der Waals surface area contributed by atoms with Crippen molar-refractivity contribution in [1.82, 2.24) is 0 Å². The highest BCUT2D eigenvalue weighted by atomic mass is 16.1. The molecule has 1 unspecified atom stereocenters. The standard InChI is InChI=1S/C19H30O/c1-15(2)18-12-11-17(4)8-5-7-16(3)9-6-10-19(20)14-13-18/h8-9,13-15,18H,5-7,10-12H2,1-4H3/b14-13+,16-9+,17-8+. The van der Waals surface area contributed by atoms with Gasteiger partial charge in [-0.3, -0.25) is 4.79 Å². The van der Waals surface area contributed by atoms with Crippen molar-refractivity contribution in [2.24, 2.45) is 11.8 Å². The first-order chi connectivity index (χ1) is 9.49. The first-order valence-electron chi connectivity index (χ1n) is 8.01. The number of carbonyl (C=O) groups is 1. The van der Waals surface area contributed by atoms with Crippen molar-refractivity contribution in [2.45, 2.75) is 66.2 Å². The predicted molar refractivity (Wildman–Crippen MR) is 87.7 cm³/mol. The number of ketones is 1. The zero-order chi connectivity index (χ0) is 15.0. The quantitative estimate of drug-likeness (QED) is 0.566. The molecule has 1 aliphatic rings. The van der Waals surface area contributed by atoms with Crippen molar-refractivity contribution in [3.8, 4) is 0 Å². The fourth-order valence-electron chi connectivity index (χ4n) is 2.57. The number of carbonyl (C=O) groups excluding carboxylic acids is 1. The molecular weight excluding hydrogens is 244 g/mol. The van der Waals surface area contributed by atoms with E-state index in [1.807, 2.05) is 6.08 Å². The van der Waals surface area contributed by atoms with E-state index >= 15 is 0 Å². The van der Waals surface area contributed by atoms with Crippen molar-refractivity contribution in [3.63, 3.8) is 0 Å². The van der Waals surface area contributed by atoms with Gasteiger partial charge in [-0.2, -0.15) is 0 Å². The van der Waals surface area contributed by atoms with Gasteiger partial charge < -0.3 is 0 Å². The molecule has 1 aliphatic carbocycles. The summed E-state index contributed by atoms with van der Waals surface area (Å²) in [7, 11) is 0. The highest BCUT2D eigenvalue weighted by Gasteiger charge is 2.10. The molecule has 0 aromatic carbocycles. The van der Waals surface area contributed by atoms with Crippen LogP contribution in [0.5, 0.6) is 0 Å². The summed E-state index contributed by atoms with van der Waals surface area (Å²) >= 11 is 0. The molecule has 1 nitrogen and oxygen atoms in total. The second-order valence-electron chi connectivity index (χ2n) is 6.45. The summed E-state index contributed by atoms with van der Waals surface area (Å²) in [5.74, 6) is 1.38. The average Bonchev–Trinajstić information content (AvgIpc) is 2.37. The Hall–Kier alpha value is -1.11. The fourth-order valence-corrected chi connectivity index (χ4v) is 2.57. The number of hydrogen-bond donors (Lipinski definition) is 0. The zero-order valence-corrected chi connectivity index (χ0v) is 13.6. The van der Waals surface area contributed by atoms with Gasteiger partial charge in [0, 0.05) is 6.42 Å². The van der Waals surface area contributed by atoms with Gasteiger partial charge in [-0.1, -0.05) is 43.2 Å². The summed E-state index contributed by atoms with van der Waals surface area (Å²) in [5.41, 5.74) is 2.89. The van der Waals surface area contributed by atoms with E-state index in [2.05, 4.69) is 45.9 Å². The topological polar surface area (TPSA) is 17.1 Å². The first kappa shape index (κ1) is 16.9. The molecule has 0 N–H and O–H groups in total. The zero-order valence-electron chi connectivity index (χ0n) is 13.6. The van der Waals surface area contributed by atoms with Gasteiger partial charge in [0.2, 0.25) is 0 Å². The van der Waals surface area contributed by atoms with Crippen LogP contribution >= 0.6 is 0 Å². The van der Waals surface area contributed by atoms with Crippen LogP contribution in [-0.4, -0.2) is 5.78 Å². The Balaban J connectivity index is 2.78. The van der Waals surface area contributed by atoms with Crippen LogP contribution in [0.1, 0.15) is 66.2 Å². The molecule has 0 aromatic heterocycles. The van der Waals surface area contributed by atoms with Crippen molar-refractivity contribution in [2.75, 3.05) is 0 Å². The van der Waals surface area contributed by atoms with E-state index in [4.69, 9.17) is 0 Å². The van der Waals surface area contributed by atoms with E-state index in [9.17, 15) is 4.79 Å². The molecule has 1 heteroatoms.